The van der Waals surface area contributed by atoms with Crippen molar-refractivity contribution in [3.63, 3.8) is 0 Å². The number of anilines is 1. The molecule has 0 aliphatic heterocycles. The van der Waals surface area contributed by atoms with Gasteiger partial charge in [-0.2, -0.15) is 0 Å². The fraction of sp³-hybridized carbons (Fsp3) is 0.200. The molecule has 0 aliphatic carbocycles. The van der Waals surface area contributed by atoms with Crippen LogP contribution in [0.25, 0.3) is 0 Å². The first-order chi connectivity index (χ1) is 12.4. The van der Waals surface area contributed by atoms with Crippen molar-refractivity contribution in [3.8, 4) is 5.75 Å². The van der Waals surface area contributed by atoms with Crippen LogP contribution in [0.1, 0.15) is 32.9 Å². The number of hydrogen-bond acceptors (Lipinski definition) is 4. The van der Waals surface area contributed by atoms with Crippen molar-refractivity contribution in [3.05, 3.63) is 75.6 Å². The molecule has 0 saturated heterocycles. The maximum absolute atomic E-state index is 12.4. The Labute approximate surface area is 156 Å². The maximum atomic E-state index is 12.4. The molecule has 0 fully saturated rings. The highest BCUT2D eigenvalue weighted by Crippen LogP contribution is 2.22. The van der Waals surface area contributed by atoms with Gasteiger partial charge in [-0.3, -0.25) is 4.79 Å². The third kappa shape index (κ3) is 4.06. The Morgan fingerprint density at radius 1 is 1.15 bits per heavy atom. The van der Waals surface area contributed by atoms with E-state index in [1.807, 2.05) is 26.8 Å². The number of hydrogen-bond donors (Lipinski definition) is 1. The van der Waals surface area contributed by atoms with E-state index in [9.17, 15) is 4.79 Å². The predicted octanol–water partition coefficient (Wildman–Crippen LogP) is 5.08. The van der Waals surface area contributed by atoms with Crippen LogP contribution in [-0.4, -0.2) is 11.1 Å². The van der Waals surface area contributed by atoms with E-state index in [4.69, 9.17) is 20.9 Å². The van der Waals surface area contributed by atoms with Gasteiger partial charge in [0.1, 0.15) is 18.1 Å². The van der Waals surface area contributed by atoms with Gasteiger partial charge < -0.3 is 14.6 Å². The monoisotopic (exact) mass is 370 g/mol. The van der Waals surface area contributed by atoms with Gasteiger partial charge in [-0.15, -0.1) is 0 Å². The largest absolute Gasteiger partial charge is 0.489 e. The van der Waals surface area contributed by atoms with Gasteiger partial charge in [0.2, 0.25) is 0 Å². The second kappa shape index (κ2) is 7.62. The number of nitrogens with one attached hydrogen (secondary N) is 1. The number of halogens is 1. The Morgan fingerprint density at radius 2 is 1.88 bits per heavy atom. The summed E-state index contributed by atoms with van der Waals surface area (Å²) in [5, 5.41) is 7.35. The van der Waals surface area contributed by atoms with Gasteiger partial charge in [-0.25, -0.2) is 0 Å². The minimum atomic E-state index is -0.201. The fourth-order valence-electron chi connectivity index (χ4n) is 2.49. The van der Waals surface area contributed by atoms with Crippen LogP contribution in [0.15, 0.2) is 47.0 Å². The van der Waals surface area contributed by atoms with Crippen LogP contribution in [0.2, 0.25) is 5.02 Å². The first-order valence-corrected chi connectivity index (χ1v) is 8.54. The molecule has 6 heteroatoms. The molecule has 0 aliphatic rings. The molecule has 0 radical (unpaired) electrons. The molecule has 3 rings (SSSR count). The zero-order valence-electron chi connectivity index (χ0n) is 14.8. The van der Waals surface area contributed by atoms with Crippen LogP contribution in [0.4, 0.5) is 5.69 Å². The Bertz CT molecular complexity index is 913. The molecular formula is C20H19ClN2O3. The van der Waals surface area contributed by atoms with E-state index in [1.54, 1.807) is 36.4 Å². The van der Waals surface area contributed by atoms with Crippen molar-refractivity contribution in [2.75, 3.05) is 5.32 Å². The number of rotatable bonds is 5. The van der Waals surface area contributed by atoms with Gasteiger partial charge in [0, 0.05) is 16.3 Å². The molecular weight excluding hydrogens is 352 g/mol. The van der Waals surface area contributed by atoms with Crippen molar-refractivity contribution in [2.24, 2.45) is 0 Å². The van der Waals surface area contributed by atoms with Crippen molar-refractivity contribution in [1.82, 2.24) is 5.16 Å². The van der Waals surface area contributed by atoms with Crippen molar-refractivity contribution in [1.29, 1.82) is 0 Å². The van der Waals surface area contributed by atoms with Crippen LogP contribution < -0.4 is 10.1 Å². The lowest BCUT2D eigenvalue weighted by Crippen LogP contribution is -2.12. The highest BCUT2D eigenvalue weighted by atomic mass is 35.5. The Kier molecular flexibility index (Phi) is 5.28. The topological polar surface area (TPSA) is 64.4 Å². The summed E-state index contributed by atoms with van der Waals surface area (Å²) in [5.74, 6) is 1.21. The quantitative estimate of drug-likeness (QED) is 0.679. The molecule has 1 N–H and O–H groups in total. The van der Waals surface area contributed by atoms with Crippen molar-refractivity contribution < 1.29 is 14.1 Å². The molecule has 0 unspecified atom stereocenters. The minimum absolute atomic E-state index is 0.201. The molecule has 5 nitrogen and oxygen atoms in total. The average Bonchev–Trinajstić information content (AvgIpc) is 2.95. The molecule has 0 bridgehead atoms. The first-order valence-electron chi connectivity index (χ1n) is 8.16. The second-order valence-electron chi connectivity index (χ2n) is 6.03. The Balaban J connectivity index is 1.65. The van der Waals surface area contributed by atoms with Gasteiger partial charge in [-0.1, -0.05) is 22.8 Å². The maximum Gasteiger partial charge on any atom is 0.255 e. The van der Waals surface area contributed by atoms with Crippen LogP contribution >= 0.6 is 11.6 Å². The highest BCUT2D eigenvalue weighted by molar-refractivity contribution is 6.31. The summed E-state index contributed by atoms with van der Waals surface area (Å²) in [5.41, 5.74) is 3.93. The van der Waals surface area contributed by atoms with Crippen LogP contribution in [-0.2, 0) is 6.61 Å². The number of carbonyl (C=O) groups excluding carboxylic acids is 1. The number of nitrogens with zero attached hydrogens (tertiary/aromatic N) is 1. The zero-order chi connectivity index (χ0) is 18.7. The standard InChI is InChI=1S/C20H19ClN2O3/c1-12-4-7-16(21)10-19(12)22-20(24)15-5-8-17(9-6-15)25-11-18-13(2)23-26-14(18)3/h4-10H,11H2,1-3H3,(H,22,24). The number of aryl methyl sites for hydroxylation is 3. The highest BCUT2D eigenvalue weighted by Gasteiger charge is 2.11. The first kappa shape index (κ1) is 18.0. The molecule has 0 spiro atoms. The second-order valence-corrected chi connectivity index (χ2v) is 6.47. The third-order valence-corrected chi connectivity index (χ3v) is 4.36. The van der Waals surface area contributed by atoms with E-state index in [0.29, 0.717) is 28.6 Å². The molecule has 2 aromatic carbocycles. The summed E-state index contributed by atoms with van der Waals surface area (Å²) in [4.78, 5) is 12.4. The number of benzene rings is 2. The average molecular weight is 371 g/mol. The lowest BCUT2D eigenvalue weighted by molar-refractivity contribution is 0.102. The minimum Gasteiger partial charge on any atom is -0.489 e. The van der Waals surface area contributed by atoms with Gasteiger partial charge in [0.25, 0.3) is 5.91 Å². The van der Waals surface area contributed by atoms with Gasteiger partial charge in [0.15, 0.2) is 0 Å². The van der Waals surface area contributed by atoms with Crippen LogP contribution in [0.3, 0.4) is 0 Å². The van der Waals surface area contributed by atoms with E-state index >= 15 is 0 Å². The number of aromatic nitrogens is 1. The molecule has 1 heterocycles. The van der Waals surface area contributed by atoms with E-state index in [0.717, 1.165) is 22.6 Å². The van der Waals surface area contributed by atoms with Crippen LogP contribution in [0, 0.1) is 20.8 Å². The Morgan fingerprint density at radius 3 is 2.54 bits per heavy atom. The SMILES string of the molecule is Cc1ccc(Cl)cc1NC(=O)c1ccc(OCc2c(C)noc2C)cc1. The van der Waals surface area contributed by atoms with Gasteiger partial charge in [-0.05, 0) is 62.7 Å². The van der Waals surface area contributed by atoms with Crippen LogP contribution in [0.5, 0.6) is 5.75 Å². The van der Waals surface area contributed by atoms with Gasteiger partial charge in [0.05, 0.1) is 11.3 Å². The van der Waals surface area contributed by atoms with Crippen molar-refractivity contribution in [2.45, 2.75) is 27.4 Å². The lowest BCUT2D eigenvalue weighted by Gasteiger charge is -2.10. The molecule has 0 atom stereocenters. The van der Waals surface area contributed by atoms with E-state index < -0.39 is 0 Å². The lowest BCUT2D eigenvalue weighted by atomic mass is 10.1. The van der Waals surface area contributed by atoms with E-state index in [1.165, 1.54) is 0 Å². The van der Waals surface area contributed by atoms with E-state index in [-0.39, 0.29) is 5.91 Å². The summed E-state index contributed by atoms with van der Waals surface area (Å²) in [6, 6.07) is 12.3. The molecule has 3 aromatic rings. The van der Waals surface area contributed by atoms with Gasteiger partial charge >= 0.3 is 0 Å². The normalized spacial score (nSPS) is 10.6. The summed E-state index contributed by atoms with van der Waals surface area (Å²) in [6.45, 7) is 6.01. The zero-order valence-corrected chi connectivity index (χ0v) is 15.6. The fourth-order valence-corrected chi connectivity index (χ4v) is 2.66. The molecule has 134 valence electrons. The summed E-state index contributed by atoms with van der Waals surface area (Å²) >= 11 is 5.99. The molecule has 26 heavy (non-hydrogen) atoms. The number of carbonyl (C=O) groups is 1. The number of ether oxygens (including phenoxy) is 1. The molecule has 1 amide bonds. The van der Waals surface area contributed by atoms with Crippen molar-refractivity contribution >= 4 is 23.2 Å². The smallest absolute Gasteiger partial charge is 0.255 e. The third-order valence-electron chi connectivity index (χ3n) is 4.13. The molecule has 0 saturated carbocycles. The summed E-state index contributed by atoms with van der Waals surface area (Å²) in [7, 11) is 0. The summed E-state index contributed by atoms with van der Waals surface area (Å²) in [6.07, 6.45) is 0. The number of amides is 1. The Hall–Kier alpha value is -2.79. The predicted molar refractivity (Wildman–Crippen MR) is 101 cm³/mol. The van der Waals surface area contributed by atoms with E-state index in [2.05, 4.69) is 10.5 Å². The summed E-state index contributed by atoms with van der Waals surface area (Å²) < 4.78 is 10.9. The molecule has 1 aromatic heterocycles.